The summed E-state index contributed by atoms with van der Waals surface area (Å²) in [7, 11) is 3.19. The maximum atomic E-state index is 6.07. The number of methoxy groups -OCH3 is 2. The van der Waals surface area contributed by atoms with E-state index in [1.807, 2.05) is 6.07 Å². The molecule has 16 heavy (non-hydrogen) atoms. The first-order chi connectivity index (χ1) is 7.63. The molecule has 0 aliphatic carbocycles. The maximum Gasteiger partial charge on any atom is 0.141 e. The Balaban J connectivity index is 3.12. The molecule has 90 valence electrons. The van der Waals surface area contributed by atoms with Crippen molar-refractivity contribution in [3.8, 4) is 11.5 Å². The first kappa shape index (κ1) is 13.1. The van der Waals surface area contributed by atoms with Crippen molar-refractivity contribution in [3.63, 3.8) is 0 Å². The summed E-state index contributed by atoms with van der Waals surface area (Å²) in [5, 5.41) is 0.560. The number of hydrogen-bond acceptors (Lipinski definition) is 3. The number of hydrogen-bond donors (Lipinski definition) is 1. The molecule has 1 atom stereocenters. The minimum atomic E-state index is -0.0524. The van der Waals surface area contributed by atoms with Gasteiger partial charge in [0, 0.05) is 17.7 Å². The Bertz CT molecular complexity index is 355. The Morgan fingerprint density at radius 1 is 1.25 bits per heavy atom. The van der Waals surface area contributed by atoms with Gasteiger partial charge in [-0.1, -0.05) is 24.9 Å². The van der Waals surface area contributed by atoms with Gasteiger partial charge in [-0.05, 0) is 12.5 Å². The fraction of sp³-hybridized carbons (Fsp3) is 0.500. The molecule has 0 aliphatic heterocycles. The number of nitrogens with two attached hydrogens (primary N) is 1. The Kier molecular flexibility index (Phi) is 4.90. The van der Waals surface area contributed by atoms with Crippen LogP contribution in [-0.4, -0.2) is 14.2 Å². The molecule has 1 unspecified atom stereocenters. The number of rotatable bonds is 5. The quantitative estimate of drug-likeness (QED) is 0.864. The molecule has 0 heterocycles. The zero-order valence-corrected chi connectivity index (χ0v) is 10.7. The van der Waals surface area contributed by atoms with Crippen LogP contribution in [0.2, 0.25) is 5.02 Å². The van der Waals surface area contributed by atoms with E-state index in [9.17, 15) is 0 Å². The second-order valence-corrected chi connectivity index (χ2v) is 4.03. The standard InChI is InChI=1S/C12H18ClNO2/c1-4-5-10(14)8-6-9(13)12(16-3)7-11(8)15-2/h6-7,10H,4-5,14H2,1-3H3. The minimum Gasteiger partial charge on any atom is -0.496 e. The molecule has 0 saturated heterocycles. The molecule has 0 fully saturated rings. The minimum absolute atomic E-state index is 0.0524. The van der Waals surface area contributed by atoms with Crippen LogP contribution < -0.4 is 15.2 Å². The summed E-state index contributed by atoms with van der Waals surface area (Å²) in [6.07, 6.45) is 1.92. The van der Waals surface area contributed by atoms with Crippen molar-refractivity contribution < 1.29 is 9.47 Å². The van der Waals surface area contributed by atoms with Crippen LogP contribution in [-0.2, 0) is 0 Å². The molecule has 1 rings (SSSR count). The predicted octanol–water partition coefficient (Wildman–Crippen LogP) is 3.16. The van der Waals surface area contributed by atoms with E-state index in [1.54, 1.807) is 20.3 Å². The third kappa shape index (κ3) is 2.80. The Hall–Kier alpha value is -0.930. The van der Waals surface area contributed by atoms with E-state index in [0.29, 0.717) is 10.8 Å². The van der Waals surface area contributed by atoms with Gasteiger partial charge in [-0.2, -0.15) is 0 Å². The number of benzene rings is 1. The molecule has 0 radical (unpaired) electrons. The van der Waals surface area contributed by atoms with E-state index in [4.69, 9.17) is 26.8 Å². The van der Waals surface area contributed by atoms with Gasteiger partial charge in [-0.3, -0.25) is 0 Å². The highest BCUT2D eigenvalue weighted by atomic mass is 35.5. The zero-order valence-electron chi connectivity index (χ0n) is 9.92. The lowest BCUT2D eigenvalue weighted by Gasteiger charge is -2.16. The molecular formula is C12H18ClNO2. The lowest BCUT2D eigenvalue weighted by atomic mass is 10.0. The summed E-state index contributed by atoms with van der Waals surface area (Å²) in [4.78, 5) is 0. The van der Waals surface area contributed by atoms with Gasteiger partial charge in [0.1, 0.15) is 11.5 Å². The molecule has 0 aromatic heterocycles. The van der Waals surface area contributed by atoms with Crippen LogP contribution in [0, 0.1) is 0 Å². The van der Waals surface area contributed by atoms with Crippen LogP contribution in [0.4, 0.5) is 0 Å². The van der Waals surface area contributed by atoms with Gasteiger partial charge >= 0.3 is 0 Å². The second-order valence-electron chi connectivity index (χ2n) is 3.62. The zero-order chi connectivity index (χ0) is 12.1. The molecule has 0 amide bonds. The third-order valence-corrected chi connectivity index (χ3v) is 2.80. The molecule has 2 N–H and O–H groups in total. The fourth-order valence-electron chi connectivity index (χ4n) is 1.64. The monoisotopic (exact) mass is 243 g/mol. The lowest BCUT2D eigenvalue weighted by Crippen LogP contribution is -2.11. The topological polar surface area (TPSA) is 44.5 Å². The first-order valence-corrected chi connectivity index (χ1v) is 5.68. The average Bonchev–Trinajstić information content (AvgIpc) is 2.29. The summed E-state index contributed by atoms with van der Waals surface area (Å²) in [5.41, 5.74) is 6.99. The Labute approximate surface area is 101 Å². The smallest absolute Gasteiger partial charge is 0.141 e. The van der Waals surface area contributed by atoms with E-state index >= 15 is 0 Å². The van der Waals surface area contributed by atoms with Gasteiger partial charge in [0.05, 0.1) is 19.2 Å². The molecule has 0 spiro atoms. The second kappa shape index (κ2) is 5.97. The summed E-state index contributed by atoms with van der Waals surface area (Å²) in [5.74, 6) is 1.33. The van der Waals surface area contributed by atoms with Gasteiger partial charge < -0.3 is 15.2 Å². The Morgan fingerprint density at radius 2 is 1.88 bits per heavy atom. The van der Waals surface area contributed by atoms with Gasteiger partial charge in [0.25, 0.3) is 0 Å². The van der Waals surface area contributed by atoms with Crippen molar-refractivity contribution in [1.29, 1.82) is 0 Å². The largest absolute Gasteiger partial charge is 0.496 e. The van der Waals surface area contributed by atoms with Crippen molar-refractivity contribution in [3.05, 3.63) is 22.7 Å². The third-order valence-electron chi connectivity index (χ3n) is 2.50. The Morgan fingerprint density at radius 3 is 2.38 bits per heavy atom. The summed E-state index contributed by atoms with van der Waals surface area (Å²) in [6, 6.07) is 3.54. The summed E-state index contributed by atoms with van der Waals surface area (Å²) in [6.45, 7) is 2.09. The highest BCUT2D eigenvalue weighted by Crippen LogP contribution is 2.35. The number of halogens is 1. The SMILES string of the molecule is CCCC(N)c1cc(Cl)c(OC)cc1OC. The molecule has 4 heteroatoms. The van der Waals surface area contributed by atoms with Crippen LogP contribution >= 0.6 is 11.6 Å². The van der Waals surface area contributed by atoms with E-state index in [-0.39, 0.29) is 6.04 Å². The van der Waals surface area contributed by atoms with Crippen molar-refractivity contribution in [2.24, 2.45) is 5.73 Å². The normalized spacial score (nSPS) is 12.3. The highest BCUT2D eigenvalue weighted by Gasteiger charge is 2.15. The van der Waals surface area contributed by atoms with Gasteiger partial charge in [0.15, 0.2) is 0 Å². The van der Waals surface area contributed by atoms with Crippen LogP contribution in [0.1, 0.15) is 31.4 Å². The molecular weight excluding hydrogens is 226 g/mol. The van der Waals surface area contributed by atoms with E-state index in [0.717, 1.165) is 24.2 Å². The lowest BCUT2D eigenvalue weighted by molar-refractivity contribution is 0.387. The van der Waals surface area contributed by atoms with Crippen molar-refractivity contribution in [2.75, 3.05) is 14.2 Å². The van der Waals surface area contributed by atoms with Gasteiger partial charge in [0.2, 0.25) is 0 Å². The van der Waals surface area contributed by atoms with Gasteiger partial charge in [-0.25, -0.2) is 0 Å². The van der Waals surface area contributed by atoms with Gasteiger partial charge in [-0.15, -0.1) is 0 Å². The van der Waals surface area contributed by atoms with Crippen molar-refractivity contribution in [2.45, 2.75) is 25.8 Å². The predicted molar refractivity (Wildman–Crippen MR) is 66.4 cm³/mol. The van der Waals surface area contributed by atoms with Crippen LogP contribution in [0.5, 0.6) is 11.5 Å². The van der Waals surface area contributed by atoms with Crippen LogP contribution in [0.15, 0.2) is 12.1 Å². The fourth-order valence-corrected chi connectivity index (χ4v) is 1.89. The van der Waals surface area contributed by atoms with Crippen LogP contribution in [0.25, 0.3) is 0 Å². The molecule has 0 saturated carbocycles. The highest BCUT2D eigenvalue weighted by molar-refractivity contribution is 6.32. The molecule has 1 aromatic rings. The van der Waals surface area contributed by atoms with Crippen molar-refractivity contribution >= 4 is 11.6 Å². The molecule has 1 aromatic carbocycles. The first-order valence-electron chi connectivity index (χ1n) is 5.31. The van der Waals surface area contributed by atoms with Crippen molar-refractivity contribution in [1.82, 2.24) is 0 Å². The number of ether oxygens (including phenoxy) is 2. The molecule has 0 aliphatic rings. The molecule has 3 nitrogen and oxygen atoms in total. The molecule has 0 bridgehead atoms. The van der Waals surface area contributed by atoms with Crippen LogP contribution in [0.3, 0.4) is 0 Å². The van der Waals surface area contributed by atoms with E-state index in [2.05, 4.69) is 6.92 Å². The average molecular weight is 244 g/mol. The summed E-state index contributed by atoms with van der Waals surface area (Å²) >= 11 is 6.07. The maximum absolute atomic E-state index is 6.07. The van der Waals surface area contributed by atoms with E-state index < -0.39 is 0 Å². The van der Waals surface area contributed by atoms with E-state index in [1.165, 1.54) is 0 Å². The summed E-state index contributed by atoms with van der Waals surface area (Å²) < 4.78 is 10.4.